The van der Waals surface area contributed by atoms with E-state index >= 15 is 0 Å². The summed E-state index contributed by atoms with van der Waals surface area (Å²) in [7, 11) is 0. The van der Waals surface area contributed by atoms with Crippen molar-refractivity contribution in [1.82, 2.24) is 4.98 Å². The monoisotopic (exact) mass is 446 g/mol. The van der Waals surface area contributed by atoms with Crippen molar-refractivity contribution in [1.29, 1.82) is 0 Å². The first-order valence-electron chi connectivity index (χ1n) is 9.60. The summed E-state index contributed by atoms with van der Waals surface area (Å²) in [4.78, 5) is 18.9. The van der Waals surface area contributed by atoms with Gasteiger partial charge in [-0.15, -0.1) is 0 Å². The van der Waals surface area contributed by atoms with Gasteiger partial charge in [0.25, 0.3) is 5.91 Å². The zero-order chi connectivity index (χ0) is 21.3. The van der Waals surface area contributed by atoms with Gasteiger partial charge >= 0.3 is 0 Å². The Bertz CT molecular complexity index is 1120. The Hall–Kier alpha value is -2.50. The van der Waals surface area contributed by atoms with Crippen LogP contribution in [0.1, 0.15) is 33.5 Å². The van der Waals surface area contributed by atoms with Gasteiger partial charge in [-0.05, 0) is 72.7 Å². The second kappa shape index (κ2) is 8.70. The molecule has 0 aliphatic carbocycles. The van der Waals surface area contributed by atoms with E-state index in [0.29, 0.717) is 59.1 Å². The Morgan fingerprint density at radius 1 is 1.03 bits per heavy atom. The van der Waals surface area contributed by atoms with Crippen molar-refractivity contribution in [3.63, 3.8) is 0 Å². The molecule has 30 heavy (non-hydrogen) atoms. The molecule has 2 heterocycles. The quantitative estimate of drug-likeness (QED) is 0.488. The minimum atomic E-state index is -0.963. The number of carbonyl (C=O) groups excluding carboxylic acids is 1. The minimum absolute atomic E-state index is 0.276. The number of benzene rings is 2. The van der Waals surface area contributed by atoms with Gasteiger partial charge in [-0.1, -0.05) is 23.2 Å². The molecule has 3 aromatic rings. The Morgan fingerprint density at radius 2 is 1.80 bits per heavy atom. The van der Waals surface area contributed by atoms with Crippen LogP contribution in [-0.2, 0) is 19.3 Å². The molecule has 0 saturated heterocycles. The molecule has 0 atom stereocenters. The topological polar surface area (TPSA) is 33.2 Å². The molecular formula is C23H18Cl2F2N2O. The van der Waals surface area contributed by atoms with Crippen molar-refractivity contribution in [3.05, 3.63) is 92.7 Å². The number of hydrogen-bond donors (Lipinski definition) is 0. The maximum absolute atomic E-state index is 13.9. The fraction of sp³-hybridized carbons (Fsp3) is 0.217. The lowest BCUT2D eigenvalue weighted by molar-refractivity contribution is 0.0983. The average Bonchev–Trinajstić information content (AvgIpc) is 2.74. The van der Waals surface area contributed by atoms with Gasteiger partial charge in [0.15, 0.2) is 11.6 Å². The van der Waals surface area contributed by atoms with Gasteiger partial charge in [-0.3, -0.25) is 9.78 Å². The predicted molar refractivity (Wildman–Crippen MR) is 114 cm³/mol. The minimum Gasteiger partial charge on any atom is -0.308 e. The molecule has 0 N–H and O–H groups in total. The van der Waals surface area contributed by atoms with E-state index in [1.54, 1.807) is 24.4 Å². The summed E-state index contributed by atoms with van der Waals surface area (Å²) in [5, 5.41) is 1.21. The van der Waals surface area contributed by atoms with Crippen molar-refractivity contribution in [2.24, 2.45) is 0 Å². The summed E-state index contributed by atoms with van der Waals surface area (Å²) in [5.41, 5.74) is 3.18. The average molecular weight is 447 g/mol. The highest BCUT2D eigenvalue weighted by Gasteiger charge is 2.27. The van der Waals surface area contributed by atoms with Crippen LogP contribution in [0.2, 0.25) is 10.0 Å². The molecule has 3 nitrogen and oxygen atoms in total. The van der Waals surface area contributed by atoms with Crippen LogP contribution < -0.4 is 4.90 Å². The van der Waals surface area contributed by atoms with Crippen LogP contribution in [0.5, 0.6) is 0 Å². The fourth-order valence-corrected chi connectivity index (χ4v) is 4.18. The molecule has 1 amide bonds. The van der Waals surface area contributed by atoms with Crippen molar-refractivity contribution >= 4 is 34.8 Å². The molecule has 1 aliphatic rings. The Kier molecular flexibility index (Phi) is 6.02. The predicted octanol–water partition coefficient (Wildman–Crippen LogP) is 6.04. The molecule has 1 aliphatic heterocycles. The van der Waals surface area contributed by atoms with Crippen LogP contribution in [0.4, 0.5) is 14.5 Å². The van der Waals surface area contributed by atoms with Crippen LogP contribution in [0.15, 0.2) is 48.8 Å². The van der Waals surface area contributed by atoms with Crippen LogP contribution in [0.25, 0.3) is 0 Å². The number of aromatic nitrogens is 1. The SMILES string of the molecule is O=C(c1cnccc1CCc1cc(Cl)ccc1Cl)N1CCCc2cc(F)c(F)cc21. The zero-order valence-corrected chi connectivity index (χ0v) is 17.5. The first kappa shape index (κ1) is 20.8. The van der Waals surface area contributed by atoms with Gasteiger partial charge in [0.05, 0.1) is 11.3 Å². The third-order valence-corrected chi connectivity index (χ3v) is 5.90. The zero-order valence-electron chi connectivity index (χ0n) is 16.0. The summed E-state index contributed by atoms with van der Waals surface area (Å²) >= 11 is 12.3. The van der Waals surface area contributed by atoms with Crippen molar-refractivity contribution in [2.75, 3.05) is 11.4 Å². The first-order valence-corrected chi connectivity index (χ1v) is 10.4. The molecule has 0 saturated carbocycles. The summed E-state index contributed by atoms with van der Waals surface area (Å²) < 4.78 is 27.5. The smallest absolute Gasteiger partial charge is 0.260 e. The number of anilines is 1. The van der Waals surface area contributed by atoms with E-state index in [4.69, 9.17) is 23.2 Å². The van der Waals surface area contributed by atoms with Gasteiger partial charge in [-0.25, -0.2) is 8.78 Å². The summed E-state index contributed by atoms with van der Waals surface area (Å²) in [6.07, 6.45) is 5.58. The third-order valence-electron chi connectivity index (χ3n) is 5.30. The van der Waals surface area contributed by atoms with Gasteiger partial charge in [0, 0.05) is 35.1 Å². The van der Waals surface area contributed by atoms with E-state index in [9.17, 15) is 13.6 Å². The van der Waals surface area contributed by atoms with Crippen LogP contribution in [0.3, 0.4) is 0 Å². The second-order valence-electron chi connectivity index (χ2n) is 7.22. The lowest BCUT2D eigenvalue weighted by atomic mass is 9.98. The van der Waals surface area contributed by atoms with Gasteiger partial charge in [0.1, 0.15) is 0 Å². The van der Waals surface area contributed by atoms with E-state index in [0.717, 1.165) is 17.2 Å². The number of nitrogens with zero attached hydrogens (tertiary/aromatic N) is 2. The number of halogens is 4. The van der Waals surface area contributed by atoms with Crippen molar-refractivity contribution < 1.29 is 13.6 Å². The maximum Gasteiger partial charge on any atom is 0.260 e. The highest BCUT2D eigenvalue weighted by molar-refractivity contribution is 6.33. The molecule has 0 unspecified atom stereocenters. The van der Waals surface area contributed by atoms with Crippen LogP contribution in [-0.4, -0.2) is 17.4 Å². The highest BCUT2D eigenvalue weighted by atomic mass is 35.5. The molecule has 0 fully saturated rings. The number of amides is 1. The van der Waals surface area contributed by atoms with Crippen LogP contribution in [0, 0.1) is 11.6 Å². The van der Waals surface area contributed by atoms with E-state index in [1.165, 1.54) is 17.2 Å². The summed E-state index contributed by atoms with van der Waals surface area (Å²) in [6, 6.07) is 9.35. The van der Waals surface area contributed by atoms with Crippen molar-refractivity contribution in [2.45, 2.75) is 25.7 Å². The Morgan fingerprint density at radius 3 is 2.63 bits per heavy atom. The summed E-state index contributed by atoms with van der Waals surface area (Å²) in [5.74, 6) is -2.14. The van der Waals surface area contributed by atoms with E-state index in [-0.39, 0.29) is 5.91 Å². The molecule has 7 heteroatoms. The molecule has 154 valence electrons. The number of pyridine rings is 1. The van der Waals surface area contributed by atoms with Crippen LogP contribution >= 0.6 is 23.2 Å². The van der Waals surface area contributed by atoms with Gasteiger partial charge in [0.2, 0.25) is 0 Å². The molecule has 0 radical (unpaired) electrons. The number of fused-ring (bicyclic) bond motifs is 1. The van der Waals surface area contributed by atoms with E-state index in [1.807, 2.05) is 6.07 Å². The number of aryl methyl sites for hydroxylation is 3. The standard InChI is InChI=1S/C23H18Cl2F2N2O/c24-17-5-6-19(25)15(10-17)4-3-14-7-8-28-13-18(14)23(30)29-9-1-2-16-11-20(26)21(27)12-22(16)29/h5-8,10-13H,1-4,9H2. The second-order valence-corrected chi connectivity index (χ2v) is 8.07. The number of carbonyl (C=O) groups is 1. The number of rotatable bonds is 4. The normalized spacial score (nSPS) is 13.3. The number of hydrogen-bond acceptors (Lipinski definition) is 2. The largest absolute Gasteiger partial charge is 0.308 e. The van der Waals surface area contributed by atoms with E-state index < -0.39 is 11.6 Å². The Labute approximate surface area is 183 Å². The lowest BCUT2D eigenvalue weighted by Gasteiger charge is -2.30. The van der Waals surface area contributed by atoms with E-state index in [2.05, 4.69) is 4.98 Å². The molecule has 4 rings (SSSR count). The molecule has 1 aromatic heterocycles. The molecular weight excluding hydrogens is 429 g/mol. The lowest BCUT2D eigenvalue weighted by Crippen LogP contribution is -2.36. The van der Waals surface area contributed by atoms with Crippen molar-refractivity contribution in [3.8, 4) is 0 Å². The third kappa shape index (κ3) is 4.18. The van der Waals surface area contributed by atoms with Gasteiger partial charge in [-0.2, -0.15) is 0 Å². The molecule has 0 spiro atoms. The summed E-state index contributed by atoms with van der Waals surface area (Å²) in [6.45, 7) is 0.436. The highest BCUT2D eigenvalue weighted by Crippen LogP contribution is 2.31. The first-order chi connectivity index (χ1) is 14.4. The Balaban J connectivity index is 1.62. The molecule has 0 bridgehead atoms. The maximum atomic E-state index is 13.9. The van der Waals surface area contributed by atoms with Gasteiger partial charge < -0.3 is 4.90 Å². The molecule has 2 aromatic carbocycles. The fourth-order valence-electron chi connectivity index (χ4n) is 3.77.